The van der Waals surface area contributed by atoms with Crippen molar-refractivity contribution in [2.45, 2.75) is 103 Å². The van der Waals surface area contributed by atoms with Crippen LogP contribution in [0.4, 0.5) is 4.79 Å². The molecule has 1 heterocycles. The van der Waals surface area contributed by atoms with Gasteiger partial charge in [-0.05, 0) is 128 Å². The molecule has 222 valence electrons. The van der Waals surface area contributed by atoms with Crippen LogP contribution in [0.5, 0.6) is 11.5 Å². The normalized spacial score (nSPS) is 17.3. The summed E-state index contributed by atoms with van der Waals surface area (Å²) < 4.78 is 38.7. The van der Waals surface area contributed by atoms with Crippen molar-refractivity contribution in [3.8, 4) is 11.5 Å². The number of hydrogen-bond donors (Lipinski definition) is 1. The molecule has 41 heavy (non-hydrogen) atoms. The molecule has 1 N–H and O–H groups in total. The van der Waals surface area contributed by atoms with Crippen LogP contribution in [0.25, 0.3) is 0 Å². The Bertz CT molecular complexity index is 1400. The lowest BCUT2D eigenvalue weighted by atomic mass is 9.87. The lowest BCUT2D eigenvalue weighted by Crippen LogP contribution is -2.36. The topological polar surface area (TPSA) is 81.7 Å². The fourth-order valence-corrected chi connectivity index (χ4v) is 5.83. The number of ether oxygens (including phenoxy) is 2. The number of allylic oxidation sites excluding steroid dienone is 6. The van der Waals surface area contributed by atoms with E-state index < -0.39 is 16.1 Å². The second-order valence-corrected chi connectivity index (χ2v) is 13.3. The zero-order valence-corrected chi connectivity index (χ0v) is 26.2. The van der Waals surface area contributed by atoms with Crippen LogP contribution in [0.3, 0.4) is 0 Å². The first-order chi connectivity index (χ1) is 19.4. The van der Waals surface area contributed by atoms with E-state index in [1.54, 1.807) is 30.3 Å². The number of carbonyl (C=O) groups is 1. The first kappa shape index (κ1) is 32.2. The maximum Gasteiger partial charge on any atom is 0.426 e. The minimum atomic E-state index is -4.01. The number of amides is 1. The summed E-state index contributed by atoms with van der Waals surface area (Å²) in [6, 6.07) is 11.2. The third-order valence-corrected chi connectivity index (χ3v) is 8.70. The molecular formula is C34H45NO5S. The van der Waals surface area contributed by atoms with Crippen molar-refractivity contribution in [1.82, 2.24) is 4.72 Å². The van der Waals surface area contributed by atoms with Crippen LogP contribution in [0.2, 0.25) is 0 Å². The predicted octanol–water partition coefficient (Wildman–Crippen LogP) is 8.76. The van der Waals surface area contributed by atoms with Gasteiger partial charge in [-0.25, -0.2) is 17.9 Å². The third kappa shape index (κ3) is 10.2. The standard InChI is InChI=1S/C34H45NO5S/c1-25(2)13-10-14-26(3)15-11-16-27(4)17-12-21-34(6)22-20-29-24-30(23-28(5)32(29)40-34)39-33(36)35-41(37,38)31-18-8-7-9-19-31/h7-9,13,15,17-19,23-24H,10-12,14,16,20-22H2,1-6H3,(H,35,36)/b26-15+,27-17+/t34-/m1/s1. The number of aryl methyl sites for hydroxylation is 2. The molecule has 7 heteroatoms. The molecule has 3 rings (SSSR count). The van der Waals surface area contributed by atoms with Crippen molar-refractivity contribution in [1.29, 1.82) is 0 Å². The molecule has 0 fully saturated rings. The molecule has 2 aromatic carbocycles. The van der Waals surface area contributed by atoms with Crippen LogP contribution in [-0.2, 0) is 16.4 Å². The zero-order valence-electron chi connectivity index (χ0n) is 25.4. The zero-order chi connectivity index (χ0) is 30.0. The molecule has 0 spiro atoms. The molecule has 1 atom stereocenters. The summed E-state index contributed by atoms with van der Waals surface area (Å²) in [5.41, 5.74) is 5.76. The Hall–Kier alpha value is -3.32. The summed E-state index contributed by atoms with van der Waals surface area (Å²) in [6.07, 6.45) is 13.8. The molecule has 0 bridgehead atoms. The number of carbonyl (C=O) groups excluding carboxylic acids is 1. The number of benzene rings is 2. The second kappa shape index (κ2) is 14.5. The number of hydrogen-bond acceptors (Lipinski definition) is 5. The molecule has 0 unspecified atom stereocenters. The largest absolute Gasteiger partial charge is 0.487 e. The number of sulfonamides is 1. The van der Waals surface area contributed by atoms with Crippen molar-refractivity contribution in [3.05, 3.63) is 88.5 Å². The Kier molecular flexibility index (Phi) is 11.4. The van der Waals surface area contributed by atoms with E-state index in [9.17, 15) is 13.2 Å². The Morgan fingerprint density at radius 3 is 2.27 bits per heavy atom. The maximum atomic E-state index is 12.4. The van der Waals surface area contributed by atoms with Crippen LogP contribution >= 0.6 is 0 Å². The van der Waals surface area contributed by atoms with Gasteiger partial charge in [-0.15, -0.1) is 0 Å². The highest BCUT2D eigenvalue weighted by Gasteiger charge is 2.32. The van der Waals surface area contributed by atoms with Crippen LogP contribution in [0.1, 0.15) is 90.7 Å². The minimum Gasteiger partial charge on any atom is -0.487 e. The summed E-state index contributed by atoms with van der Waals surface area (Å²) in [4.78, 5) is 12.4. The van der Waals surface area contributed by atoms with Gasteiger partial charge >= 0.3 is 6.09 Å². The van der Waals surface area contributed by atoms with Crippen LogP contribution in [0, 0.1) is 6.92 Å². The Labute approximate surface area is 246 Å². The van der Waals surface area contributed by atoms with E-state index in [0.29, 0.717) is 0 Å². The highest BCUT2D eigenvalue weighted by Crippen LogP contribution is 2.40. The summed E-state index contributed by atoms with van der Waals surface area (Å²) in [7, 11) is -4.01. The van der Waals surface area contributed by atoms with Crippen LogP contribution in [0.15, 0.2) is 82.3 Å². The average Bonchev–Trinajstić information content (AvgIpc) is 2.89. The van der Waals surface area contributed by atoms with E-state index >= 15 is 0 Å². The van der Waals surface area contributed by atoms with E-state index in [-0.39, 0.29) is 16.2 Å². The van der Waals surface area contributed by atoms with E-state index in [2.05, 4.69) is 52.8 Å². The Balaban J connectivity index is 1.52. The summed E-state index contributed by atoms with van der Waals surface area (Å²) >= 11 is 0. The van der Waals surface area contributed by atoms with Crippen molar-refractivity contribution >= 4 is 16.1 Å². The molecule has 0 saturated heterocycles. The van der Waals surface area contributed by atoms with E-state index in [4.69, 9.17) is 9.47 Å². The van der Waals surface area contributed by atoms with Crippen LogP contribution < -0.4 is 14.2 Å². The molecule has 0 radical (unpaired) electrons. The first-order valence-electron chi connectivity index (χ1n) is 14.4. The Morgan fingerprint density at radius 1 is 0.976 bits per heavy atom. The molecule has 6 nitrogen and oxygen atoms in total. The fraction of sp³-hybridized carbons (Fsp3) is 0.441. The number of nitrogens with one attached hydrogen (secondary N) is 1. The molecule has 2 aromatic rings. The fourth-order valence-electron chi connectivity index (χ4n) is 4.93. The van der Waals surface area contributed by atoms with Crippen LogP contribution in [-0.4, -0.2) is 20.1 Å². The third-order valence-electron chi connectivity index (χ3n) is 7.37. The van der Waals surface area contributed by atoms with Gasteiger partial charge in [-0.1, -0.05) is 53.1 Å². The first-order valence-corrected chi connectivity index (χ1v) is 15.9. The Morgan fingerprint density at radius 2 is 1.61 bits per heavy atom. The van der Waals surface area contributed by atoms with Crippen molar-refractivity contribution < 1.29 is 22.7 Å². The van der Waals surface area contributed by atoms with Gasteiger partial charge < -0.3 is 9.47 Å². The average molecular weight is 580 g/mol. The summed E-state index contributed by atoms with van der Waals surface area (Å²) in [5.74, 6) is 1.10. The lowest BCUT2D eigenvalue weighted by molar-refractivity contribution is 0.0561. The molecule has 0 aliphatic carbocycles. The molecule has 1 amide bonds. The highest BCUT2D eigenvalue weighted by atomic mass is 32.2. The smallest absolute Gasteiger partial charge is 0.426 e. The molecule has 0 aromatic heterocycles. The molecule has 1 aliphatic rings. The van der Waals surface area contributed by atoms with Crippen molar-refractivity contribution in [3.63, 3.8) is 0 Å². The number of rotatable bonds is 12. The minimum absolute atomic E-state index is 0.00560. The molecule has 0 saturated carbocycles. The van der Waals surface area contributed by atoms with Gasteiger partial charge in [0.05, 0.1) is 4.90 Å². The van der Waals surface area contributed by atoms with E-state index in [1.165, 1.54) is 28.9 Å². The van der Waals surface area contributed by atoms with Gasteiger partial charge in [-0.2, -0.15) is 0 Å². The van der Waals surface area contributed by atoms with Gasteiger partial charge in [0.2, 0.25) is 0 Å². The predicted molar refractivity (Wildman–Crippen MR) is 166 cm³/mol. The van der Waals surface area contributed by atoms with Gasteiger partial charge in [0, 0.05) is 0 Å². The van der Waals surface area contributed by atoms with Crippen molar-refractivity contribution in [2.75, 3.05) is 0 Å². The van der Waals surface area contributed by atoms with Gasteiger partial charge in [0.1, 0.15) is 17.1 Å². The van der Waals surface area contributed by atoms with E-state index in [1.807, 2.05) is 11.6 Å². The number of fused-ring (bicyclic) bond motifs is 1. The van der Waals surface area contributed by atoms with E-state index in [0.717, 1.165) is 68.2 Å². The quantitative estimate of drug-likeness (QED) is 0.254. The second-order valence-electron chi connectivity index (χ2n) is 11.6. The van der Waals surface area contributed by atoms with Crippen molar-refractivity contribution in [2.24, 2.45) is 0 Å². The monoisotopic (exact) mass is 579 g/mol. The SMILES string of the molecule is CC(C)=CCC/C(C)=C/CC/C(C)=C/CC[C@]1(C)CCc2cc(OC(=O)NS(=O)(=O)c3ccccc3)cc(C)c2O1. The lowest BCUT2D eigenvalue weighted by Gasteiger charge is -2.37. The highest BCUT2D eigenvalue weighted by molar-refractivity contribution is 7.90. The molecule has 1 aliphatic heterocycles. The maximum absolute atomic E-state index is 12.4. The van der Waals surface area contributed by atoms with Gasteiger partial charge in [0.15, 0.2) is 0 Å². The van der Waals surface area contributed by atoms with Gasteiger partial charge in [0.25, 0.3) is 10.0 Å². The molecular weight excluding hydrogens is 534 g/mol. The van der Waals surface area contributed by atoms with Gasteiger partial charge in [-0.3, -0.25) is 0 Å². The summed E-state index contributed by atoms with van der Waals surface area (Å²) in [6.45, 7) is 12.8. The summed E-state index contributed by atoms with van der Waals surface area (Å²) in [5, 5.41) is 0.